The molecular weight excluding hydrogens is 5710 g/mol. The van der Waals surface area contributed by atoms with E-state index in [1.54, 1.807) is 0 Å². The molecule has 0 saturated carbocycles. The molecule has 0 saturated heterocycles. The van der Waals surface area contributed by atoms with Gasteiger partial charge in [-0.3, -0.25) is 0 Å². The van der Waals surface area contributed by atoms with E-state index >= 15 is 0 Å². The normalized spacial score (nSPS) is 0. The number of hydrogen-bond acceptors (Lipinski definition) is 0. The minimum absolute atomic E-state index is 0. The van der Waals surface area contributed by atoms with Crippen molar-refractivity contribution in [2.75, 3.05) is 0 Å². The third kappa shape index (κ3) is 159. The predicted octanol–water partition coefficient (Wildman–Crippen LogP) is 0. The smallest absolute Gasteiger partial charge is 0 e. The van der Waals surface area contributed by atoms with Crippen LogP contribution in [0.15, 0.2) is 0 Å². The van der Waals surface area contributed by atoms with Crippen LogP contribution in [0, 0.1) is 747 Å². The van der Waals surface area contributed by atoms with Crippen molar-refractivity contribution in [1.29, 1.82) is 0 Å². The van der Waals surface area contributed by atoms with Gasteiger partial charge in [0.2, 0.25) is 0 Å². The fourth-order valence-corrected chi connectivity index (χ4v) is 0. The summed E-state index contributed by atoms with van der Waals surface area (Å²) < 4.78 is 0. The molecule has 24 heavy (non-hydrogen) atoms. The van der Waals surface area contributed by atoms with Gasteiger partial charge in [0, 0.05) is 747 Å². The van der Waals surface area contributed by atoms with E-state index in [1.807, 2.05) is 0 Å². The largest absolute Gasteiger partial charge is 0 e. The molecule has 0 rings (SSSR count). The van der Waals surface area contributed by atoms with E-state index in [9.17, 15) is 0 Å². The first-order valence-corrected chi connectivity index (χ1v) is 0. The summed E-state index contributed by atoms with van der Waals surface area (Å²) in [7, 11) is 0. The van der Waals surface area contributed by atoms with Crippen LogP contribution >= 0.6 is 0 Å². The van der Waals surface area contributed by atoms with Crippen LogP contribution in [-0.2, 0) is 0 Å². The second kappa shape index (κ2) is 169. The molecule has 0 aromatic rings. The van der Waals surface area contributed by atoms with Gasteiger partial charge in [-0.05, 0) is 0 Å². The molecule has 0 spiro atoms. The Morgan fingerprint density at radius 3 is 0.0417 bits per heavy atom. The summed E-state index contributed by atoms with van der Waals surface area (Å²) in [6.07, 6.45) is 0. The van der Waals surface area contributed by atoms with Crippen LogP contribution in [0.1, 0.15) is 0 Å². The van der Waals surface area contributed by atoms with E-state index in [-0.39, 0.29) is 747 Å². The van der Waals surface area contributed by atoms with E-state index < -0.39 is 0 Å². The Bertz CT molecular complexity index is 0. The molecule has 0 aromatic heterocycles. The topological polar surface area (TPSA) is 0 Å². The first-order valence-electron chi connectivity index (χ1n) is 0. The van der Waals surface area contributed by atoms with E-state index in [0.717, 1.165) is 0 Å². The van der Waals surface area contributed by atoms with Crippen molar-refractivity contribution in [2.24, 2.45) is 0 Å². The van der Waals surface area contributed by atoms with Crippen molar-refractivity contribution in [2.45, 2.75) is 0 Å². The summed E-state index contributed by atoms with van der Waals surface area (Å²) in [6, 6.07) is 0. The summed E-state index contributed by atoms with van der Waals surface area (Å²) >= 11 is 0. The van der Waals surface area contributed by atoms with E-state index in [4.69, 9.17) is 0 Å². The van der Waals surface area contributed by atoms with Gasteiger partial charge in [0.1, 0.15) is 0 Å². The molecule has 0 amide bonds. The van der Waals surface area contributed by atoms with Crippen LogP contribution in [0.5, 0.6) is 0 Å². The van der Waals surface area contributed by atoms with Gasteiger partial charge >= 0.3 is 0 Å². The first kappa shape index (κ1) is 180. The average molecular weight is 5710 g/mol. The molecule has 0 heterocycles. The maximum absolute atomic E-state index is 0. The van der Waals surface area contributed by atoms with Crippen LogP contribution in [0.25, 0.3) is 0 Å². The summed E-state index contributed by atoms with van der Waals surface area (Å²) in [5.74, 6) is 0. The molecule has 0 atom stereocenters. The Balaban J connectivity index is 0. The SMILES string of the molecule is [U].[U].[U].[U].[U].[U].[U].[U].[U].[U].[U].[U].[U].[U].[U].[U].[U].[U].[U].[U].[U].[U].[U].[U]. The van der Waals surface area contributed by atoms with E-state index in [0.29, 0.717) is 0 Å². The maximum Gasteiger partial charge on any atom is 0 e. The molecule has 0 radical (unpaired) electrons. The summed E-state index contributed by atoms with van der Waals surface area (Å²) in [4.78, 5) is 0. The molecule has 0 N–H and O–H groups in total. The zero-order valence-corrected chi connectivity index (χ0v) is 112. The number of rotatable bonds is 0. The molecule has 96 valence electrons. The van der Waals surface area contributed by atoms with Crippen LogP contribution in [0.4, 0.5) is 0 Å². The molecule has 0 aliphatic carbocycles. The third-order valence-electron chi connectivity index (χ3n) is 0. The Labute approximate surface area is 718 Å². The molecule has 0 nitrogen and oxygen atoms in total. The molecule has 0 unspecified atom stereocenters. The van der Waals surface area contributed by atoms with Crippen LogP contribution < -0.4 is 0 Å². The van der Waals surface area contributed by atoms with E-state index in [2.05, 4.69) is 0 Å². The zero-order valence-electron chi connectivity index (χ0n) is 12.0. The second-order valence-corrected chi connectivity index (χ2v) is 0. The average Bonchev–Trinajstić information content (AvgIpc) is 0. The quantitative estimate of drug-likeness (QED) is 0.321. The van der Waals surface area contributed by atoms with Gasteiger partial charge < -0.3 is 0 Å². The maximum atomic E-state index is 0. The fraction of sp³-hybridized carbons (Fsp3) is 0. The molecule has 0 bridgehead atoms. The van der Waals surface area contributed by atoms with Crippen molar-refractivity contribution in [3.05, 3.63) is 0 Å². The second-order valence-electron chi connectivity index (χ2n) is 0. The van der Waals surface area contributed by atoms with Gasteiger partial charge in [-0.25, -0.2) is 0 Å². The monoisotopic (exact) mass is 5710 g/mol. The van der Waals surface area contributed by atoms with Crippen molar-refractivity contribution < 1.29 is 747 Å². The molecule has 0 fully saturated rings. The van der Waals surface area contributed by atoms with Gasteiger partial charge in [-0.1, -0.05) is 0 Å². The van der Waals surface area contributed by atoms with Gasteiger partial charge in [0.15, 0.2) is 0 Å². The van der Waals surface area contributed by atoms with Crippen LogP contribution in [-0.4, -0.2) is 0 Å². The van der Waals surface area contributed by atoms with Gasteiger partial charge in [-0.2, -0.15) is 0 Å². The fourth-order valence-electron chi connectivity index (χ4n) is 0. The molecule has 0 aliphatic rings. The molecule has 0 aromatic carbocycles. The predicted molar refractivity (Wildman–Crippen MR) is 0 cm³/mol. The van der Waals surface area contributed by atoms with Crippen molar-refractivity contribution in [1.82, 2.24) is 0 Å². The summed E-state index contributed by atoms with van der Waals surface area (Å²) in [5, 5.41) is 0. The van der Waals surface area contributed by atoms with E-state index in [1.165, 1.54) is 0 Å². The standard InChI is InChI=1S/24U. The van der Waals surface area contributed by atoms with Crippen molar-refractivity contribution in [3.63, 3.8) is 0 Å². The third-order valence-corrected chi connectivity index (χ3v) is 0. The minimum Gasteiger partial charge on any atom is 0 e. The summed E-state index contributed by atoms with van der Waals surface area (Å²) in [6.45, 7) is 0. The van der Waals surface area contributed by atoms with Gasteiger partial charge in [0.05, 0.1) is 0 Å². The Kier molecular flexibility index (Phi) is 1270. The van der Waals surface area contributed by atoms with Crippen LogP contribution in [0.3, 0.4) is 0 Å². The summed E-state index contributed by atoms with van der Waals surface area (Å²) in [5.41, 5.74) is 0. The minimum atomic E-state index is 0. The molecule has 24 heteroatoms. The van der Waals surface area contributed by atoms with Crippen molar-refractivity contribution in [3.8, 4) is 0 Å². The van der Waals surface area contributed by atoms with Crippen LogP contribution in [0.2, 0.25) is 0 Å². The Morgan fingerprint density at radius 1 is 0.0417 bits per heavy atom. The number of hydrogen-bond donors (Lipinski definition) is 0. The Hall–Kier alpha value is 25.2. The molecule has 0 aliphatic heterocycles. The zero-order chi connectivity index (χ0) is 0. The van der Waals surface area contributed by atoms with Crippen molar-refractivity contribution >= 4 is 0 Å². The molecular formula is U24. The van der Waals surface area contributed by atoms with Gasteiger partial charge in [-0.15, -0.1) is 0 Å². The first-order chi connectivity index (χ1) is 0. The van der Waals surface area contributed by atoms with Gasteiger partial charge in [0.25, 0.3) is 0 Å². The Morgan fingerprint density at radius 2 is 0.0417 bits per heavy atom.